The van der Waals surface area contributed by atoms with Gasteiger partial charge in [0.2, 0.25) is 10.0 Å². The molecule has 0 saturated carbocycles. The first-order valence-electron chi connectivity index (χ1n) is 8.57. The minimum atomic E-state index is -3.64. The van der Waals surface area contributed by atoms with Gasteiger partial charge in [-0.05, 0) is 54.8 Å². The van der Waals surface area contributed by atoms with E-state index in [1.807, 2.05) is 24.3 Å². The molecule has 8 heteroatoms. The zero-order valence-corrected chi connectivity index (χ0v) is 17.0. The second-order valence-corrected chi connectivity index (χ2v) is 8.90. The number of nitrogens with one attached hydrogen (secondary N) is 1. The molecule has 0 aliphatic carbocycles. The summed E-state index contributed by atoms with van der Waals surface area (Å²) in [6.45, 7) is 1.07. The normalized spacial score (nSPS) is 17.0. The van der Waals surface area contributed by atoms with Crippen LogP contribution < -0.4 is 4.72 Å². The van der Waals surface area contributed by atoms with E-state index in [-0.39, 0.29) is 24.2 Å². The maximum absolute atomic E-state index is 12.3. The van der Waals surface area contributed by atoms with Gasteiger partial charge in [0.1, 0.15) is 6.61 Å². The first-order valence-corrected chi connectivity index (χ1v) is 10.8. The number of sulfonamides is 1. The van der Waals surface area contributed by atoms with Gasteiger partial charge < -0.3 is 9.47 Å². The molecule has 27 heavy (non-hydrogen) atoms. The topological polar surface area (TPSA) is 81.7 Å². The van der Waals surface area contributed by atoms with E-state index in [0.29, 0.717) is 12.2 Å². The Morgan fingerprint density at radius 3 is 2.48 bits per heavy atom. The SMILES string of the molecule is O=C(OCc1ccc(Br)cc1)c1ccc(S(=O)(=O)NCC2CCCO2)cc1. The predicted molar refractivity (Wildman–Crippen MR) is 104 cm³/mol. The fraction of sp³-hybridized carbons (Fsp3) is 0.316. The Bertz CT molecular complexity index is 875. The van der Waals surface area contributed by atoms with Gasteiger partial charge in [0.15, 0.2) is 0 Å². The molecule has 1 aliphatic heterocycles. The van der Waals surface area contributed by atoms with Crippen LogP contribution >= 0.6 is 15.9 Å². The van der Waals surface area contributed by atoms with E-state index < -0.39 is 16.0 Å². The van der Waals surface area contributed by atoms with E-state index in [1.54, 1.807) is 0 Å². The number of carbonyl (C=O) groups is 1. The van der Waals surface area contributed by atoms with Crippen molar-refractivity contribution >= 4 is 31.9 Å². The molecule has 0 bridgehead atoms. The van der Waals surface area contributed by atoms with Crippen LogP contribution in [-0.2, 0) is 26.1 Å². The summed E-state index contributed by atoms with van der Waals surface area (Å²) in [6.07, 6.45) is 1.72. The number of benzene rings is 2. The Kier molecular flexibility index (Phi) is 6.64. The summed E-state index contributed by atoms with van der Waals surface area (Å²) in [4.78, 5) is 12.2. The lowest BCUT2D eigenvalue weighted by Gasteiger charge is -2.11. The lowest BCUT2D eigenvalue weighted by atomic mass is 10.2. The van der Waals surface area contributed by atoms with Crippen molar-refractivity contribution in [3.05, 3.63) is 64.1 Å². The van der Waals surface area contributed by atoms with E-state index in [9.17, 15) is 13.2 Å². The van der Waals surface area contributed by atoms with Crippen molar-refractivity contribution in [2.75, 3.05) is 13.2 Å². The highest BCUT2D eigenvalue weighted by atomic mass is 79.9. The standard InChI is InChI=1S/C19H20BrNO5S/c20-16-7-3-14(4-8-16)13-26-19(22)15-5-9-18(10-6-15)27(23,24)21-12-17-2-1-11-25-17/h3-10,17,21H,1-2,11-13H2. The molecular formula is C19H20BrNO5S. The monoisotopic (exact) mass is 453 g/mol. The molecule has 1 aliphatic rings. The van der Waals surface area contributed by atoms with Crippen LogP contribution in [0.1, 0.15) is 28.8 Å². The van der Waals surface area contributed by atoms with Gasteiger partial charge in [-0.15, -0.1) is 0 Å². The van der Waals surface area contributed by atoms with Crippen LogP contribution in [0.2, 0.25) is 0 Å². The molecule has 0 spiro atoms. The summed E-state index contributed by atoms with van der Waals surface area (Å²) in [5.74, 6) is -0.505. The molecule has 6 nitrogen and oxygen atoms in total. The maximum Gasteiger partial charge on any atom is 0.338 e. The maximum atomic E-state index is 12.3. The molecular weight excluding hydrogens is 434 g/mol. The largest absolute Gasteiger partial charge is 0.457 e. The number of halogens is 1. The molecule has 2 aromatic carbocycles. The van der Waals surface area contributed by atoms with E-state index in [1.165, 1.54) is 24.3 Å². The average Bonchev–Trinajstić information content (AvgIpc) is 3.20. The van der Waals surface area contributed by atoms with Crippen molar-refractivity contribution in [1.29, 1.82) is 0 Å². The lowest BCUT2D eigenvalue weighted by Crippen LogP contribution is -2.31. The van der Waals surface area contributed by atoms with Gasteiger partial charge in [0.25, 0.3) is 0 Å². The van der Waals surface area contributed by atoms with Crippen LogP contribution in [0, 0.1) is 0 Å². The molecule has 0 radical (unpaired) electrons. The third-order valence-corrected chi connectivity index (χ3v) is 6.18. The summed E-state index contributed by atoms with van der Waals surface area (Å²) in [6, 6.07) is 13.1. The second kappa shape index (κ2) is 8.97. The summed E-state index contributed by atoms with van der Waals surface area (Å²) in [7, 11) is -3.64. The molecule has 1 fully saturated rings. The number of hydrogen-bond acceptors (Lipinski definition) is 5. The highest BCUT2D eigenvalue weighted by Gasteiger charge is 2.20. The first kappa shape index (κ1) is 20.0. The van der Waals surface area contributed by atoms with Crippen LogP contribution in [0.4, 0.5) is 0 Å². The minimum absolute atomic E-state index is 0.0763. The fourth-order valence-corrected chi connectivity index (χ4v) is 4.01. The van der Waals surface area contributed by atoms with Gasteiger partial charge >= 0.3 is 5.97 Å². The zero-order valence-electron chi connectivity index (χ0n) is 14.6. The number of esters is 1. The van der Waals surface area contributed by atoms with Crippen molar-refractivity contribution in [2.24, 2.45) is 0 Å². The third kappa shape index (κ3) is 5.62. The third-order valence-electron chi connectivity index (χ3n) is 4.21. The molecule has 1 heterocycles. The van der Waals surface area contributed by atoms with E-state index >= 15 is 0 Å². The highest BCUT2D eigenvalue weighted by molar-refractivity contribution is 9.10. The summed E-state index contributed by atoms with van der Waals surface area (Å²) in [5.41, 5.74) is 1.16. The number of hydrogen-bond donors (Lipinski definition) is 1. The number of rotatable bonds is 7. The molecule has 144 valence electrons. The lowest BCUT2D eigenvalue weighted by molar-refractivity contribution is 0.0472. The number of carbonyl (C=O) groups excluding carboxylic acids is 1. The van der Waals surface area contributed by atoms with Crippen molar-refractivity contribution < 1.29 is 22.7 Å². The van der Waals surface area contributed by atoms with Gasteiger partial charge in [0, 0.05) is 17.6 Å². The van der Waals surface area contributed by atoms with E-state index in [2.05, 4.69) is 20.7 Å². The van der Waals surface area contributed by atoms with Crippen molar-refractivity contribution in [3.8, 4) is 0 Å². The molecule has 0 amide bonds. The highest BCUT2D eigenvalue weighted by Crippen LogP contribution is 2.15. The zero-order chi connectivity index (χ0) is 19.3. The predicted octanol–water partition coefficient (Wildman–Crippen LogP) is 3.26. The Morgan fingerprint density at radius 2 is 1.85 bits per heavy atom. The average molecular weight is 454 g/mol. The Labute approximate surface area is 167 Å². The van der Waals surface area contributed by atoms with E-state index in [0.717, 1.165) is 22.9 Å². The van der Waals surface area contributed by atoms with Crippen LogP contribution in [-0.4, -0.2) is 33.6 Å². The summed E-state index contributed by atoms with van der Waals surface area (Å²) >= 11 is 3.35. The first-order chi connectivity index (χ1) is 12.9. The van der Waals surface area contributed by atoms with Crippen LogP contribution in [0.15, 0.2) is 57.9 Å². The van der Waals surface area contributed by atoms with Crippen molar-refractivity contribution in [1.82, 2.24) is 4.72 Å². The van der Waals surface area contributed by atoms with Gasteiger partial charge in [-0.25, -0.2) is 17.9 Å². The van der Waals surface area contributed by atoms with Gasteiger partial charge in [-0.2, -0.15) is 0 Å². The molecule has 1 N–H and O–H groups in total. The van der Waals surface area contributed by atoms with Gasteiger partial charge in [-0.1, -0.05) is 28.1 Å². The number of ether oxygens (including phenoxy) is 2. The van der Waals surface area contributed by atoms with Gasteiger partial charge in [-0.3, -0.25) is 0 Å². The Balaban J connectivity index is 1.56. The van der Waals surface area contributed by atoms with Crippen molar-refractivity contribution in [3.63, 3.8) is 0 Å². The molecule has 2 aromatic rings. The molecule has 1 saturated heterocycles. The minimum Gasteiger partial charge on any atom is -0.457 e. The van der Waals surface area contributed by atoms with Gasteiger partial charge in [0.05, 0.1) is 16.6 Å². The smallest absolute Gasteiger partial charge is 0.338 e. The molecule has 3 rings (SSSR count). The fourth-order valence-electron chi connectivity index (χ4n) is 2.67. The van der Waals surface area contributed by atoms with Crippen LogP contribution in [0.5, 0.6) is 0 Å². The van der Waals surface area contributed by atoms with Crippen molar-refractivity contribution in [2.45, 2.75) is 30.4 Å². The summed E-state index contributed by atoms with van der Waals surface area (Å²) in [5, 5.41) is 0. The Hall–Kier alpha value is -1.74. The van der Waals surface area contributed by atoms with E-state index in [4.69, 9.17) is 9.47 Å². The molecule has 1 atom stereocenters. The van der Waals surface area contributed by atoms with Crippen LogP contribution in [0.25, 0.3) is 0 Å². The van der Waals surface area contributed by atoms with Crippen LogP contribution in [0.3, 0.4) is 0 Å². The summed E-state index contributed by atoms with van der Waals surface area (Å²) < 4.78 is 38.8. The quantitative estimate of drug-likeness (QED) is 0.650. The Morgan fingerprint density at radius 1 is 1.15 bits per heavy atom. The molecule has 0 aromatic heterocycles. The molecule has 1 unspecified atom stereocenters. The second-order valence-electron chi connectivity index (χ2n) is 6.21.